The van der Waals surface area contributed by atoms with Gasteiger partial charge in [-0.2, -0.15) is 5.10 Å². The molecule has 0 saturated heterocycles. The standard InChI is InChI=1S/C29H24Cl2N4O3/c1-35(2)20-13-11-19(12-14-20)17-26(33-28(36)23-8-4-6-10-25(23)31)29(37)34-32-18-21-15-16-27(38-21)22-7-3-5-9-24(22)30/h3-18H,1-2H3,(H,33,36)(H,34,37)/b26-17+,32-18+. The first-order valence-electron chi connectivity index (χ1n) is 11.5. The molecule has 0 aliphatic carbocycles. The Hall–Kier alpha value is -4.33. The van der Waals surface area contributed by atoms with E-state index < -0.39 is 11.8 Å². The summed E-state index contributed by atoms with van der Waals surface area (Å²) in [5.41, 5.74) is 5.10. The molecule has 0 unspecified atom stereocenters. The number of nitrogens with zero attached hydrogens (tertiary/aromatic N) is 2. The van der Waals surface area contributed by atoms with Gasteiger partial charge in [0.15, 0.2) is 0 Å². The van der Waals surface area contributed by atoms with Gasteiger partial charge < -0.3 is 14.6 Å². The highest BCUT2D eigenvalue weighted by Crippen LogP contribution is 2.28. The number of benzene rings is 3. The van der Waals surface area contributed by atoms with Gasteiger partial charge in [0.2, 0.25) is 0 Å². The van der Waals surface area contributed by atoms with Crippen molar-refractivity contribution in [1.29, 1.82) is 0 Å². The number of hydrogen-bond acceptors (Lipinski definition) is 5. The van der Waals surface area contributed by atoms with Crippen LogP contribution in [-0.2, 0) is 4.79 Å². The average molecular weight is 547 g/mol. The highest BCUT2D eigenvalue weighted by atomic mass is 35.5. The zero-order chi connectivity index (χ0) is 27.1. The van der Waals surface area contributed by atoms with Crippen molar-refractivity contribution in [3.63, 3.8) is 0 Å². The fourth-order valence-electron chi connectivity index (χ4n) is 3.47. The summed E-state index contributed by atoms with van der Waals surface area (Å²) in [6.07, 6.45) is 2.92. The predicted octanol–water partition coefficient (Wildman–Crippen LogP) is 6.24. The molecular weight excluding hydrogens is 523 g/mol. The van der Waals surface area contributed by atoms with Crippen LogP contribution in [0.15, 0.2) is 100 Å². The lowest BCUT2D eigenvalue weighted by Crippen LogP contribution is -2.33. The Morgan fingerprint density at radius 1 is 0.868 bits per heavy atom. The maximum Gasteiger partial charge on any atom is 0.287 e. The number of nitrogens with one attached hydrogen (secondary N) is 2. The fourth-order valence-corrected chi connectivity index (χ4v) is 3.92. The molecule has 1 aromatic heterocycles. The van der Waals surface area contributed by atoms with E-state index in [0.717, 1.165) is 11.3 Å². The average Bonchev–Trinajstić information content (AvgIpc) is 3.37. The van der Waals surface area contributed by atoms with Crippen molar-refractivity contribution in [3.05, 3.63) is 118 Å². The van der Waals surface area contributed by atoms with Gasteiger partial charge in [-0.05, 0) is 60.2 Å². The molecule has 192 valence electrons. The zero-order valence-electron chi connectivity index (χ0n) is 20.6. The van der Waals surface area contributed by atoms with Gasteiger partial charge in [-0.1, -0.05) is 59.6 Å². The molecule has 7 nitrogen and oxygen atoms in total. The molecule has 2 amide bonds. The molecule has 0 spiro atoms. The normalized spacial score (nSPS) is 11.4. The third kappa shape index (κ3) is 6.70. The molecule has 0 radical (unpaired) electrons. The van der Waals surface area contributed by atoms with Crippen LogP contribution in [0.3, 0.4) is 0 Å². The van der Waals surface area contributed by atoms with E-state index in [0.29, 0.717) is 22.1 Å². The predicted molar refractivity (Wildman–Crippen MR) is 153 cm³/mol. The summed E-state index contributed by atoms with van der Waals surface area (Å²) in [5.74, 6) is -0.181. The van der Waals surface area contributed by atoms with E-state index in [1.807, 2.05) is 61.5 Å². The first kappa shape index (κ1) is 26.7. The van der Waals surface area contributed by atoms with E-state index in [1.165, 1.54) is 6.21 Å². The first-order valence-corrected chi connectivity index (χ1v) is 12.3. The van der Waals surface area contributed by atoms with Crippen molar-refractivity contribution in [2.75, 3.05) is 19.0 Å². The highest BCUT2D eigenvalue weighted by Gasteiger charge is 2.16. The minimum absolute atomic E-state index is 0.0131. The van der Waals surface area contributed by atoms with Crippen molar-refractivity contribution < 1.29 is 14.0 Å². The Bertz CT molecular complexity index is 1510. The van der Waals surface area contributed by atoms with Crippen LogP contribution in [0, 0.1) is 0 Å². The maximum absolute atomic E-state index is 13.0. The molecule has 4 rings (SSSR count). The summed E-state index contributed by atoms with van der Waals surface area (Å²) < 4.78 is 5.77. The van der Waals surface area contributed by atoms with Gasteiger partial charge in [-0.15, -0.1) is 0 Å². The van der Waals surface area contributed by atoms with Gasteiger partial charge in [0.05, 0.1) is 21.8 Å². The number of anilines is 1. The second-order valence-electron chi connectivity index (χ2n) is 8.36. The van der Waals surface area contributed by atoms with Crippen LogP contribution in [0.4, 0.5) is 5.69 Å². The van der Waals surface area contributed by atoms with E-state index in [2.05, 4.69) is 15.8 Å². The molecule has 0 fully saturated rings. The second-order valence-corrected chi connectivity index (χ2v) is 9.17. The van der Waals surface area contributed by atoms with E-state index in [4.69, 9.17) is 27.6 Å². The molecule has 0 aliphatic rings. The van der Waals surface area contributed by atoms with Crippen molar-refractivity contribution in [3.8, 4) is 11.3 Å². The minimum Gasteiger partial charge on any atom is -0.455 e. The fraction of sp³-hybridized carbons (Fsp3) is 0.0690. The monoisotopic (exact) mass is 546 g/mol. The van der Waals surface area contributed by atoms with E-state index in [9.17, 15) is 9.59 Å². The summed E-state index contributed by atoms with van der Waals surface area (Å²) in [6, 6.07) is 24.8. The van der Waals surface area contributed by atoms with Gasteiger partial charge in [0.1, 0.15) is 17.2 Å². The Morgan fingerprint density at radius 2 is 1.55 bits per heavy atom. The Morgan fingerprint density at radius 3 is 2.24 bits per heavy atom. The number of hydrazone groups is 1. The van der Waals surface area contributed by atoms with Crippen LogP contribution >= 0.6 is 23.2 Å². The van der Waals surface area contributed by atoms with Crippen molar-refractivity contribution in [2.24, 2.45) is 5.10 Å². The van der Waals surface area contributed by atoms with Crippen molar-refractivity contribution in [1.82, 2.24) is 10.7 Å². The van der Waals surface area contributed by atoms with Crippen LogP contribution in [0.2, 0.25) is 10.0 Å². The summed E-state index contributed by atoms with van der Waals surface area (Å²) >= 11 is 12.4. The molecule has 38 heavy (non-hydrogen) atoms. The number of furan rings is 1. The number of amides is 2. The lowest BCUT2D eigenvalue weighted by atomic mass is 10.1. The topological polar surface area (TPSA) is 86.9 Å². The Balaban J connectivity index is 1.53. The summed E-state index contributed by atoms with van der Waals surface area (Å²) in [4.78, 5) is 27.9. The van der Waals surface area contributed by atoms with E-state index in [-0.39, 0.29) is 16.3 Å². The van der Waals surface area contributed by atoms with Crippen LogP contribution in [0.5, 0.6) is 0 Å². The maximum atomic E-state index is 13.0. The third-order valence-corrected chi connectivity index (χ3v) is 6.11. The van der Waals surface area contributed by atoms with Crippen LogP contribution in [-0.4, -0.2) is 32.1 Å². The summed E-state index contributed by atoms with van der Waals surface area (Å²) in [7, 11) is 3.87. The molecule has 1 heterocycles. The largest absolute Gasteiger partial charge is 0.455 e. The molecule has 0 atom stereocenters. The number of rotatable bonds is 8. The molecule has 2 N–H and O–H groups in total. The van der Waals surface area contributed by atoms with Crippen LogP contribution in [0.1, 0.15) is 21.7 Å². The number of carbonyl (C=O) groups is 2. The molecule has 4 aromatic rings. The molecule has 9 heteroatoms. The summed E-state index contributed by atoms with van der Waals surface area (Å²) in [6.45, 7) is 0. The number of halogens is 2. The van der Waals surface area contributed by atoms with Crippen molar-refractivity contribution in [2.45, 2.75) is 0 Å². The first-order chi connectivity index (χ1) is 18.3. The van der Waals surface area contributed by atoms with Gasteiger partial charge in [-0.25, -0.2) is 5.43 Å². The van der Waals surface area contributed by atoms with Gasteiger partial charge >= 0.3 is 0 Å². The SMILES string of the molecule is CN(C)c1ccc(/C=C(/NC(=O)c2ccccc2Cl)C(=O)N/N=C/c2ccc(-c3ccccc3Cl)o2)cc1. The zero-order valence-corrected chi connectivity index (χ0v) is 22.1. The van der Waals surface area contributed by atoms with Crippen molar-refractivity contribution >= 4 is 53.0 Å². The van der Waals surface area contributed by atoms with Gasteiger partial charge in [0.25, 0.3) is 11.8 Å². The highest BCUT2D eigenvalue weighted by molar-refractivity contribution is 6.34. The molecule has 0 aliphatic heterocycles. The van der Waals surface area contributed by atoms with Crippen LogP contribution in [0.25, 0.3) is 17.4 Å². The van der Waals surface area contributed by atoms with E-state index in [1.54, 1.807) is 48.5 Å². The molecule has 0 saturated carbocycles. The molecule has 3 aromatic carbocycles. The van der Waals surface area contributed by atoms with E-state index >= 15 is 0 Å². The smallest absolute Gasteiger partial charge is 0.287 e. The Kier molecular flexibility index (Phi) is 8.63. The quantitative estimate of drug-likeness (QED) is 0.155. The number of carbonyl (C=O) groups excluding carboxylic acids is 2. The van der Waals surface area contributed by atoms with Crippen LogP contribution < -0.4 is 15.6 Å². The lowest BCUT2D eigenvalue weighted by molar-refractivity contribution is -0.117. The third-order valence-electron chi connectivity index (χ3n) is 5.46. The minimum atomic E-state index is -0.628. The van der Waals surface area contributed by atoms with Gasteiger partial charge in [0, 0.05) is 25.3 Å². The van der Waals surface area contributed by atoms with Gasteiger partial charge in [-0.3, -0.25) is 9.59 Å². The summed E-state index contributed by atoms with van der Waals surface area (Å²) in [5, 5.41) is 7.46. The lowest BCUT2D eigenvalue weighted by Gasteiger charge is -2.13. The Labute approximate surface area is 230 Å². The molecular formula is C29H24Cl2N4O3. The molecule has 0 bridgehead atoms. The number of hydrogen-bond donors (Lipinski definition) is 2. The second kappa shape index (κ2) is 12.3.